The molecular formula is C13H19F2N3O3S. The fraction of sp³-hybridized carbons (Fsp3) is 0.462. The molecule has 0 unspecified atom stereocenters. The highest BCUT2D eigenvalue weighted by Crippen LogP contribution is 2.25. The molecule has 22 heavy (non-hydrogen) atoms. The molecule has 0 spiro atoms. The van der Waals surface area contributed by atoms with E-state index in [-0.39, 0.29) is 0 Å². The molecule has 6 nitrogen and oxygen atoms in total. The molecule has 0 atom stereocenters. The summed E-state index contributed by atoms with van der Waals surface area (Å²) in [6.45, 7) is 0.159. The second kappa shape index (κ2) is 7.50. The molecular weight excluding hydrogens is 316 g/mol. The van der Waals surface area contributed by atoms with Crippen molar-refractivity contribution in [3.8, 4) is 0 Å². The van der Waals surface area contributed by atoms with Crippen molar-refractivity contribution < 1.29 is 22.0 Å². The molecule has 1 rings (SSSR count). The zero-order valence-electron chi connectivity index (χ0n) is 12.6. The summed E-state index contributed by atoms with van der Waals surface area (Å²) in [5.41, 5.74) is -0.757. The Morgan fingerprint density at radius 3 is 2.23 bits per heavy atom. The van der Waals surface area contributed by atoms with Gasteiger partial charge >= 0.3 is 0 Å². The van der Waals surface area contributed by atoms with Gasteiger partial charge in [0.15, 0.2) is 11.6 Å². The predicted octanol–water partition coefficient (Wildman–Crippen LogP) is 0.409. The molecule has 0 saturated heterocycles. The Labute approximate surface area is 128 Å². The van der Waals surface area contributed by atoms with E-state index in [1.807, 2.05) is 19.0 Å². The maximum absolute atomic E-state index is 13.8. The Morgan fingerprint density at radius 1 is 1.23 bits per heavy atom. The fourth-order valence-electron chi connectivity index (χ4n) is 1.69. The molecule has 0 radical (unpaired) electrons. The Hall–Kier alpha value is -1.74. The summed E-state index contributed by atoms with van der Waals surface area (Å²) in [6.07, 6.45) is 0.784. The second-order valence-corrected chi connectivity index (χ2v) is 6.90. The van der Waals surface area contributed by atoms with Crippen LogP contribution in [0.5, 0.6) is 0 Å². The van der Waals surface area contributed by atoms with E-state index in [1.165, 1.54) is 0 Å². The Balaban J connectivity index is 2.95. The van der Waals surface area contributed by atoms with Gasteiger partial charge in [0.1, 0.15) is 12.2 Å². The third-order valence-corrected chi connectivity index (χ3v) is 3.87. The number of hydrogen-bond donors (Lipinski definition) is 1. The lowest BCUT2D eigenvalue weighted by Gasteiger charge is -2.23. The van der Waals surface area contributed by atoms with E-state index in [9.17, 15) is 22.0 Å². The summed E-state index contributed by atoms with van der Waals surface area (Å²) < 4.78 is 51.4. The highest BCUT2D eigenvalue weighted by atomic mass is 32.2. The van der Waals surface area contributed by atoms with Gasteiger partial charge in [-0.3, -0.25) is 9.10 Å². The van der Waals surface area contributed by atoms with Crippen molar-refractivity contribution in [3.05, 3.63) is 29.8 Å². The van der Waals surface area contributed by atoms with E-state index in [1.54, 1.807) is 0 Å². The first-order valence-electron chi connectivity index (χ1n) is 6.46. The summed E-state index contributed by atoms with van der Waals surface area (Å²) in [5, 5.41) is 2.49. The minimum Gasteiger partial charge on any atom is -0.353 e. The van der Waals surface area contributed by atoms with Crippen LogP contribution in [-0.4, -0.2) is 59.2 Å². The van der Waals surface area contributed by atoms with Gasteiger partial charge in [-0.15, -0.1) is 0 Å². The lowest BCUT2D eigenvalue weighted by atomic mass is 10.3. The van der Waals surface area contributed by atoms with Crippen molar-refractivity contribution >= 4 is 21.6 Å². The number of carbonyl (C=O) groups excluding carboxylic acids is 1. The molecule has 0 aromatic heterocycles. The number of anilines is 1. The van der Waals surface area contributed by atoms with E-state index in [4.69, 9.17) is 0 Å². The van der Waals surface area contributed by atoms with Gasteiger partial charge in [0.25, 0.3) is 0 Å². The number of benzene rings is 1. The molecule has 9 heteroatoms. The van der Waals surface area contributed by atoms with Crippen molar-refractivity contribution in [1.29, 1.82) is 0 Å². The van der Waals surface area contributed by atoms with E-state index < -0.39 is 39.8 Å². The monoisotopic (exact) mass is 335 g/mol. The van der Waals surface area contributed by atoms with Crippen LogP contribution in [0.15, 0.2) is 18.2 Å². The molecule has 0 aliphatic rings. The van der Waals surface area contributed by atoms with Crippen LogP contribution in [0.4, 0.5) is 14.5 Å². The van der Waals surface area contributed by atoms with Crippen LogP contribution in [0.2, 0.25) is 0 Å². The minimum absolute atomic E-state index is 0.295. The van der Waals surface area contributed by atoms with E-state index in [0.29, 0.717) is 17.4 Å². The van der Waals surface area contributed by atoms with Crippen LogP contribution in [0.25, 0.3) is 0 Å². The second-order valence-electron chi connectivity index (χ2n) is 4.99. The Kier molecular flexibility index (Phi) is 6.24. The first-order valence-corrected chi connectivity index (χ1v) is 8.31. The van der Waals surface area contributed by atoms with Gasteiger partial charge in [0.05, 0.1) is 6.26 Å². The van der Waals surface area contributed by atoms with E-state index in [0.717, 1.165) is 24.5 Å². The van der Waals surface area contributed by atoms with Crippen LogP contribution in [0, 0.1) is 11.6 Å². The molecule has 0 heterocycles. The van der Waals surface area contributed by atoms with Crippen molar-refractivity contribution in [1.82, 2.24) is 10.2 Å². The van der Waals surface area contributed by atoms with Crippen LogP contribution in [-0.2, 0) is 14.8 Å². The maximum atomic E-state index is 13.8. The van der Waals surface area contributed by atoms with Gasteiger partial charge in [-0.2, -0.15) is 0 Å². The number of likely N-dealkylation sites (N-methyl/N-ethyl adjacent to an activating group) is 1. The predicted molar refractivity (Wildman–Crippen MR) is 80.1 cm³/mol. The van der Waals surface area contributed by atoms with Crippen molar-refractivity contribution in [2.75, 3.05) is 44.3 Å². The van der Waals surface area contributed by atoms with Gasteiger partial charge in [0.2, 0.25) is 15.9 Å². The highest BCUT2D eigenvalue weighted by Gasteiger charge is 2.26. The number of rotatable bonds is 7. The van der Waals surface area contributed by atoms with Gasteiger partial charge in [-0.25, -0.2) is 17.2 Å². The fourth-order valence-corrected chi connectivity index (χ4v) is 2.55. The third kappa shape index (κ3) is 5.23. The molecule has 1 N–H and O–H groups in total. The van der Waals surface area contributed by atoms with Crippen molar-refractivity contribution in [2.45, 2.75) is 0 Å². The Bertz CT molecular complexity index is 615. The molecule has 0 aliphatic heterocycles. The number of nitrogens with zero attached hydrogens (tertiary/aromatic N) is 2. The van der Waals surface area contributed by atoms with Crippen LogP contribution in [0.3, 0.4) is 0 Å². The Morgan fingerprint density at radius 2 is 1.77 bits per heavy atom. The van der Waals surface area contributed by atoms with Crippen molar-refractivity contribution in [3.63, 3.8) is 0 Å². The average Bonchev–Trinajstić information content (AvgIpc) is 2.35. The number of halogens is 2. The summed E-state index contributed by atoms with van der Waals surface area (Å²) in [6, 6.07) is 2.98. The SMILES string of the molecule is CN(C)CCNC(=O)CN(c1c(F)cccc1F)S(C)(=O)=O. The topological polar surface area (TPSA) is 69.7 Å². The lowest BCUT2D eigenvalue weighted by Crippen LogP contribution is -2.42. The quantitative estimate of drug-likeness (QED) is 0.784. The first-order chi connectivity index (χ1) is 10.1. The number of carbonyl (C=O) groups is 1. The summed E-state index contributed by atoms with van der Waals surface area (Å²) >= 11 is 0. The average molecular weight is 335 g/mol. The number of para-hydroxylation sites is 1. The van der Waals surface area contributed by atoms with Crippen LogP contribution < -0.4 is 9.62 Å². The highest BCUT2D eigenvalue weighted by molar-refractivity contribution is 7.92. The van der Waals surface area contributed by atoms with E-state index >= 15 is 0 Å². The third-order valence-electron chi connectivity index (χ3n) is 2.76. The summed E-state index contributed by atoms with van der Waals surface area (Å²) in [4.78, 5) is 13.6. The molecule has 1 aromatic carbocycles. The molecule has 0 fully saturated rings. The lowest BCUT2D eigenvalue weighted by molar-refractivity contribution is -0.119. The minimum atomic E-state index is -4.02. The molecule has 0 bridgehead atoms. The zero-order chi connectivity index (χ0) is 16.9. The van der Waals surface area contributed by atoms with E-state index in [2.05, 4.69) is 5.32 Å². The molecule has 1 aromatic rings. The molecule has 1 amide bonds. The summed E-state index contributed by atoms with van der Waals surface area (Å²) in [5.74, 6) is -2.74. The van der Waals surface area contributed by atoms with Gasteiger partial charge in [-0.05, 0) is 26.2 Å². The largest absolute Gasteiger partial charge is 0.353 e. The maximum Gasteiger partial charge on any atom is 0.240 e. The normalized spacial score (nSPS) is 11.5. The first kappa shape index (κ1) is 18.3. The number of sulfonamides is 1. The van der Waals surface area contributed by atoms with Crippen LogP contribution >= 0.6 is 0 Å². The van der Waals surface area contributed by atoms with Gasteiger partial charge < -0.3 is 10.2 Å². The molecule has 124 valence electrons. The standard InChI is InChI=1S/C13H19F2N3O3S/c1-17(2)8-7-16-12(19)9-18(22(3,20)21)13-10(14)5-4-6-11(13)15/h4-6H,7-9H2,1-3H3,(H,16,19). The van der Waals surface area contributed by atoms with Gasteiger partial charge in [-0.1, -0.05) is 6.07 Å². The molecule has 0 saturated carbocycles. The van der Waals surface area contributed by atoms with Crippen LogP contribution in [0.1, 0.15) is 0 Å². The smallest absolute Gasteiger partial charge is 0.240 e. The number of hydrogen-bond acceptors (Lipinski definition) is 4. The zero-order valence-corrected chi connectivity index (χ0v) is 13.5. The van der Waals surface area contributed by atoms with Crippen molar-refractivity contribution in [2.24, 2.45) is 0 Å². The van der Waals surface area contributed by atoms with Gasteiger partial charge in [0, 0.05) is 13.1 Å². The summed E-state index contributed by atoms with van der Waals surface area (Å²) in [7, 11) is -0.399. The number of amides is 1. The number of nitrogens with one attached hydrogen (secondary N) is 1. The molecule has 0 aliphatic carbocycles.